The maximum absolute atomic E-state index is 5.49. The van der Waals surface area contributed by atoms with Crippen molar-refractivity contribution >= 4 is 60.4 Å². The zero-order valence-corrected chi connectivity index (χ0v) is 14.3. The Morgan fingerprint density at radius 1 is 1.08 bits per heavy atom. The van der Waals surface area contributed by atoms with Gasteiger partial charge in [0.2, 0.25) is 0 Å². The van der Waals surface area contributed by atoms with Gasteiger partial charge in [0, 0.05) is 0 Å². The summed E-state index contributed by atoms with van der Waals surface area (Å²) in [5.41, 5.74) is 5.49. The van der Waals surface area contributed by atoms with Gasteiger partial charge in [-0.3, -0.25) is 0 Å². The minimum absolute atomic E-state index is 0.417. The molecule has 0 aromatic carbocycles. The largest absolute Gasteiger partial charge is 0.796 e. The Labute approximate surface area is 114 Å². The summed E-state index contributed by atoms with van der Waals surface area (Å²) in [6.45, 7) is 2.06. The second-order valence-electron chi connectivity index (χ2n) is 1.87. The van der Waals surface area contributed by atoms with Crippen LogP contribution >= 0.6 is 0 Å². The van der Waals surface area contributed by atoms with Gasteiger partial charge in [-0.05, 0) is 0 Å². The Bertz CT molecular complexity index is 48.4. The summed E-state index contributed by atoms with van der Waals surface area (Å²) in [5.74, 6) is 0. The standard InChI is InChI=1S/C5H12N.3CH4S.Sn/c1-3-4-5(2)6;3*1-2;/h5H,1,3-4,6H2,2H3;3*2H,1H3;/q;;;;+3/p-3. The van der Waals surface area contributed by atoms with Gasteiger partial charge in [0.1, 0.15) is 0 Å². The Morgan fingerprint density at radius 3 is 1.46 bits per heavy atom. The first kappa shape index (κ1) is 24.2. The molecule has 2 N–H and O–H groups in total. The molecule has 0 aromatic rings. The van der Waals surface area contributed by atoms with Gasteiger partial charge in [0.25, 0.3) is 0 Å². The molecule has 0 fully saturated rings. The molecule has 1 nitrogen and oxygen atoms in total. The van der Waals surface area contributed by atoms with Gasteiger partial charge in [0.05, 0.1) is 0 Å². The third-order valence-corrected chi connectivity index (χ3v) is 1.85. The molecule has 0 spiro atoms. The predicted octanol–water partition coefficient (Wildman–Crippen LogP) is 1.19. The van der Waals surface area contributed by atoms with Crippen molar-refractivity contribution < 1.29 is 0 Å². The van der Waals surface area contributed by atoms with Crippen molar-refractivity contribution in [3.05, 3.63) is 0 Å². The van der Waals surface area contributed by atoms with E-state index in [0.29, 0.717) is 6.04 Å². The molecule has 0 aliphatic carbocycles. The molecule has 0 aliphatic heterocycles. The van der Waals surface area contributed by atoms with Crippen LogP contribution in [0.3, 0.4) is 0 Å². The van der Waals surface area contributed by atoms with E-state index in [-0.39, 0.29) is 0 Å². The van der Waals surface area contributed by atoms with Gasteiger partial charge in [-0.2, -0.15) is 18.8 Å². The molecule has 13 heavy (non-hydrogen) atoms. The second-order valence-corrected chi connectivity index (χ2v) is 3.30. The molecule has 0 amide bonds. The van der Waals surface area contributed by atoms with Gasteiger partial charge in [-0.1, -0.05) is 0 Å². The third-order valence-electron chi connectivity index (χ3n) is 0.836. The van der Waals surface area contributed by atoms with Crippen molar-refractivity contribution in [1.82, 2.24) is 0 Å². The number of hydrogen-bond acceptors (Lipinski definition) is 4. The van der Waals surface area contributed by atoms with E-state index in [1.54, 1.807) is 41.3 Å². The monoisotopic (exact) mass is 347 g/mol. The van der Waals surface area contributed by atoms with Crippen LogP contribution in [0, 0.1) is 0 Å². The second kappa shape index (κ2) is 37.2. The molecular weight excluding hydrogens is 325 g/mol. The van der Waals surface area contributed by atoms with Crippen molar-refractivity contribution in [3.8, 4) is 0 Å². The van der Waals surface area contributed by atoms with E-state index in [4.69, 9.17) is 5.73 Å². The first-order valence-corrected chi connectivity index (χ1v) is 8.36. The first-order valence-electron chi connectivity index (χ1n) is 3.90. The maximum Gasteiger partial charge on any atom is -0.189 e. The normalized spacial score (nSPS) is 9.08. The summed E-state index contributed by atoms with van der Waals surface area (Å²) >= 11 is 13.9. The fourth-order valence-corrected chi connectivity index (χ4v) is 1.01. The first-order chi connectivity index (χ1) is 6.27. The average molecular weight is 346 g/mol. The molecule has 0 saturated heterocycles. The minimum atomic E-state index is 0.417. The van der Waals surface area contributed by atoms with Gasteiger partial charge in [-0.25, -0.2) is 0 Å². The van der Waals surface area contributed by atoms with E-state index >= 15 is 0 Å². The Hall–Kier alpha value is 1.81. The summed E-state index contributed by atoms with van der Waals surface area (Å²) in [4.78, 5) is 0. The van der Waals surface area contributed by atoms with Gasteiger partial charge in [0.15, 0.2) is 0 Å². The van der Waals surface area contributed by atoms with Crippen LogP contribution in [-0.2, 0) is 37.9 Å². The van der Waals surface area contributed by atoms with Crippen LogP contribution in [0.2, 0.25) is 4.44 Å². The van der Waals surface area contributed by atoms with E-state index in [0.717, 1.165) is 0 Å². The zero-order chi connectivity index (χ0) is 11.7. The van der Waals surface area contributed by atoms with Crippen LogP contribution in [0.4, 0.5) is 0 Å². The minimum Gasteiger partial charge on any atom is -0.796 e. The van der Waals surface area contributed by atoms with Crippen molar-refractivity contribution in [2.24, 2.45) is 5.73 Å². The van der Waals surface area contributed by atoms with E-state index in [2.05, 4.69) is 44.8 Å². The van der Waals surface area contributed by atoms with Crippen LogP contribution in [0.5, 0.6) is 0 Å². The molecule has 80 valence electrons. The van der Waals surface area contributed by atoms with Crippen LogP contribution in [0.15, 0.2) is 0 Å². The molecule has 1 unspecified atom stereocenters. The molecule has 0 heterocycles. The van der Waals surface area contributed by atoms with Gasteiger partial charge in [-0.15, -0.1) is 0 Å². The van der Waals surface area contributed by atoms with E-state index in [1.165, 1.54) is 17.3 Å². The van der Waals surface area contributed by atoms with Crippen LogP contribution in [-0.4, -0.2) is 47.3 Å². The number of hydrogen-bond donors (Lipinski definition) is 1. The summed E-state index contributed by atoms with van der Waals surface area (Å²) in [6.07, 6.45) is 7.27. The molecule has 0 saturated carbocycles. The Morgan fingerprint density at radius 2 is 1.38 bits per heavy atom. The van der Waals surface area contributed by atoms with Gasteiger partial charge < -0.3 is 37.9 Å². The topological polar surface area (TPSA) is 26.0 Å². The Kier molecular flexibility index (Phi) is 69.1. The van der Waals surface area contributed by atoms with Crippen LogP contribution in [0.1, 0.15) is 19.8 Å². The van der Waals surface area contributed by atoms with Crippen LogP contribution < -0.4 is 5.73 Å². The van der Waals surface area contributed by atoms with Crippen molar-refractivity contribution in [1.29, 1.82) is 0 Å². The molecule has 5 heteroatoms. The SMILES string of the molecule is CC(N)CC[CH2][Sn+3].C[S-].C[S-].C[S-]. The average Bonchev–Trinajstić information content (AvgIpc) is 2.24. The molecule has 0 radical (unpaired) electrons. The molecule has 0 bridgehead atoms. The van der Waals surface area contributed by atoms with Crippen molar-refractivity contribution in [3.63, 3.8) is 0 Å². The molecule has 0 aliphatic rings. The van der Waals surface area contributed by atoms with E-state index in [9.17, 15) is 0 Å². The number of rotatable bonds is 3. The zero-order valence-electron chi connectivity index (χ0n) is 9.00. The summed E-state index contributed by atoms with van der Waals surface area (Å²) in [7, 11) is 0. The quantitative estimate of drug-likeness (QED) is 0.613. The predicted molar refractivity (Wildman–Crippen MR) is 73.3 cm³/mol. The molecule has 0 rings (SSSR count). The number of nitrogens with two attached hydrogens (primary N) is 1. The summed E-state index contributed by atoms with van der Waals surface area (Å²) < 4.78 is 1.36. The molecular formula is C8H21NS3Sn. The van der Waals surface area contributed by atoms with Crippen LogP contribution in [0.25, 0.3) is 0 Å². The van der Waals surface area contributed by atoms with E-state index in [1.807, 2.05) is 0 Å². The third kappa shape index (κ3) is 57.1. The van der Waals surface area contributed by atoms with Crippen molar-refractivity contribution in [2.45, 2.75) is 30.2 Å². The fraction of sp³-hybridized carbons (Fsp3) is 1.00. The van der Waals surface area contributed by atoms with Crippen molar-refractivity contribution in [2.75, 3.05) is 18.8 Å². The molecule has 1 atom stereocenters. The van der Waals surface area contributed by atoms with E-state index < -0.39 is 0 Å². The van der Waals surface area contributed by atoms with Gasteiger partial charge >= 0.3 is 58.5 Å². The Balaban J connectivity index is -0.0000000573. The molecule has 0 aromatic heterocycles. The maximum atomic E-state index is 5.49. The summed E-state index contributed by atoms with van der Waals surface area (Å²) in [6, 6.07) is 0.417. The fourth-order valence-electron chi connectivity index (χ4n) is 0.424. The smallest absolute Gasteiger partial charge is 0.189 e. The summed E-state index contributed by atoms with van der Waals surface area (Å²) in [5, 5.41) is 0.